The number of hydrogen-bond acceptors (Lipinski definition) is 5. The number of hydrogen-bond donors (Lipinski definition) is 2. The number of aromatic nitrogens is 4. The Morgan fingerprint density at radius 2 is 2.24 bits per heavy atom. The zero-order chi connectivity index (χ0) is 12.6. The molecular weight excluding hydrogens is 242 g/mol. The van der Waals surface area contributed by atoms with Gasteiger partial charge in [-0.1, -0.05) is 11.8 Å². The number of fused-ring (bicyclic) bond motifs is 1. The van der Waals surface area contributed by atoms with E-state index in [9.17, 15) is 9.59 Å². The number of imidazole rings is 1. The number of carbonyl (C=O) groups excluding carboxylic acids is 1. The fourth-order valence-electron chi connectivity index (χ4n) is 1.41. The molecule has 2 aromatic heterocycles. The minimum Gasteiger partial charge on any atom is -0.369 e. The molecule has 3 N–H and O–H groups in total. The highest BCUT2D eigenvalue weighted by atomic mass is 32.2. The zero-order valence-corrected chi connectivity index (χ0v) is 10.2. The first-order valence-corrected chi connectivity index (χ1v) is 5.82. The van der Waals surface area contributed by atoms with E-state index >= 15 is 0 Å². The van der Waals surface area contributed by atoms with Crippen molar-refractivity contribution in [1.29, 1.82) is 0 Å². The molecule has 90 valence electrons. The van der Waals surface area contributed by atoms with Crippen molar-refractivity contribution in [3.63, 3.8) is 0 Å². The molecule has 0 aliphatic heterocycles. The third-order valence-corrected chi connectivity index (χ3v) is 3.12. The van der Waals surface area contributed by atoms with Crippen LogP contribution in [0.4, 0.5) is 0 Å². The maximum absolute atomic E-state index is 11.4. The highest BCUT2D eigenvalue weighted by molar-refractivity contribution is 7.99. The lowest BCUT2D eigenvalue weighted by atomic mass is 10.4. The normalized spacial score (nSPS) is 10.9. The molecule has 8 heteroatoms. The minimum atomic E-state index is -0.431. The van der Waals surface area contributed by atoms with Gasteiger partial charge in [0.15, 0.2) is 10.8 Å². The van der Waals surface area contributed by atoms with Crippen molar-refractivity contribution in [2.45, 2.75) is 12.1 Å². The van der Waals surface area contributed by atoms with Crippen molar-refractivity contribution in [2.24, 2.45) is 12.8 Å². The number of primary amides is 1. The van der Waals surface area contributed by atoms with Crippen LogP contribution in [0.1, 0.15) is 5.69 Å². The number of nitrogens with two attached hydrogens (primary N) is 1. The second-order valence-electron chi connectivity index (χ2n) is 3.53. The van der Waals surface area contributed by atoms with E-state index in [1.54, 1.807) is 14.0 Å². The van der Waals surface area contributed by atoms with Crippen molar-refractivity contribution in [3.8, 4) is 0 Å². The van der Waals surface area contributed by atoms with Crippen molar-refractivity contribution in [1.82, 2.24) is 19.5 Å². The predicted molar refractivity (Wildman–Crippen MR) is 63.8 cm³/mol. The lowest BCUT2D eigenvalue weighted by Crippen LogP contribution is -2.14. The van der Waals surface area contributed by atoms with Gasteiger partial charge in [0.2, 0.25) is 5.91 Å². The third kappa shape index (κ3) is 2.16. The number of nitrogens with one attached hydrogen (secondary N) is 1. The summed E-state index contributed by atoms with van der Waals surface area (Å²) in [7, 11) is 1.62. The maximum Gasteiger partial charge on any atom is 0.327 e. The molecule has 2 rings (SSSR count). The number of aromatic amines is 1. The molecule has 0 saturated heterocycles. The van der Waals surface area contributed by atoms with Gasteiger partial charge in [-0.3, -0.25) is 9.36 Å². The number of amides is 1. The summed E-state index contributed by atoms with van der Waals surface area (Å²) in [4.78, 5) is 33.2. The van der Waals surface area contributed by atoms with Crippen LogP contribution in [0.2, 0.25) is 0 Å². The molecule has 0 spiro atoms. The predicted octanol–water partition coefficient (Wildman–Crippen LogP) is -0.458. The second-order valence-corrected chi connectivity index (χ2v) is 4.48. The summed E-state index contributed by atoms with van der Waals surface area (Å²) in [6.45, 7) is 1.77. The standard InChI is InChI=1S/C9H11N5O2S/c1-4-6-7(14(2)9(16)12-6)13-8(11-4)17-3-5(10)15/h3H2,1-2H3,(H2,10,15)(H,12,16). The summed E-state index contributed by atoms with van der Waals surface area (Å²) in [6.07, 6.45) is 0. The van der Waals surface area contributed by atoms with Gasteiger partial charge in [-0.05, 0) is 6.92 Å². The molecule has 0 bridgehead atoms. The van der Waals surface area contributed by atoms with Crippen LogP contribution < -0.4 is 11.4 Å². The van der Waals surface area contributed by atoms with Crippen LogP contribution in [-0.4, -0.2) is 31.2 Å². The van der Waals surface area contributed by atoms with Gasteiger partial charge < -0.3 is 10.7 Å². The number of carbonyl (C=O) groups is 1. The molecule has 2 heterocycles. The van der Waals surface area contributed by atoms with E-state index in [0.717, 1.165) is 11.8 Å². The molecule has 0 aromatic carbocycles. The average Bonchev–Trinajstić information content (AvgIpc) is 2.54. The van der Waals surface area contributed by atoms with E-state index in [-0.39, 0.29) is 11.4 Å². The second kappa shape index (κ2) is 4.21. The Balaban J connectivity index is 2.50. The van der Waals surface area contributed by atoms with Crippen LogP contribution in [0.5, 0.6) is 0 Å². The lowest BCUT2D eigenvalue weighted by Gasteiger charge is -2.01. The van der Waals surface area contributed by atoms with E-state index in [1.165, 1.54) is 4.57 Å². The Kier molecular flexibility index (Phi) is 2.88. The van der Waals surface area contributed by atoms with Crippen molar-refractivity contribution in [3.05, 3.63) is 16.2 Å². The van der Waals surface area contributed by atoms with Crippen LogP contribution in [0.15, 0.2) is 9.95 Å². The Morgan fingerprint density at radius 1 is 1.53 bits per heavy atom. The topological polar surface area (TPSA) is 107 Å². The highest BCUT2D eigenvalue weighted by Crippen LogP contribution is 2.17. The quantitative estimate of drug-likeness (QED) is 0.568. The Morgan fingerprint density at radius 3 is 2.88 bits per heavy atom. The summed E-state index contributed by atoms with van der Waals surface area (Å²) >= 11 is 1.15. The summed E-state index contributed by atoms with van der Waals surface area (Å²) in [5.74, 6) is -0.317. The van der Waals surface area contributed by atoms with E-state index in [4.69, 9.17) is 5.73 Å². The monoisotopic (exact) mass is 253 g/mol. The number of rotatable bonds is 3. The molecule has 0 fully saturated rings. The molecule has 0 unspecified atom stereocenters. The molecule has 17 heavy (non-hydrogen) atoms. The molecule has 0 atom stereocenters. The van der Waals surface area contributed by atoms with Crippen LogP contribution in [-0.2, 0) is 11.8 Å². The molecule has 0 saturated carbocycles. The highest BCUT2D eigenvalue weighted by Gasteiger charge is 2.11. The minimum absolute atomic E-state index is 0.114. The summed E-state index contributed by atoms with van der Waals surface area (Å²) in [5.41, 5.74) is 6.61. The number of nitrogens with zero attached hydrogens (tertiary/aromatic N) is 3. The molecule has 1 amide bonds. The maximum atomic E-state index is 11.4. The van der Waals surface area contributed by atoms with E-state index in [0.29, 0.717) is 22.0 Å². The van der Waals surface area contributed by atoms with Gasteiger partial charge >= 0.3 is 5.69 Å². The molecule has 7 nitrogen and oxygen atoms in total. The molecule has 0 aliphatic carbocycles. The first kappa shape index (κ1) is 11.6. The summed E-state index contributed by atoms with van der Waals surface area (Å²) in [6, 6.07) is 0. The largest absolute Gasteiger partial charge is 0.369 e. The van der Waals surface area contributed by atoms with Crippen LogP contribution in [0.25, 0.3) is 11.2 Å². The summed E-state index contributed by atoms with van der Waals surface area (Å²) in [5, 5.41) is 0.434. The van der Waals surface area contributed by atoms with Gasteiger partial charge in [0.25, 0.3) is 0 Å². The Bertz CT molecular complexity index is 645. The smallest absolute Gasteiger partial charge is 0.327 e. The van der Waals surface area contributed by atoms with Gasteiger partial charge in [0, 0.05) is 7.05 Å². The number of aryl methyl sites for hydroxylation is 2. The van der Waals surface area contributed by atoms with E-state index < -0.39 is 5.91 Å². The SMILES string of the molecule is Cc1nc(SCC(N)=O)nc2c1[nH]c(=O)n2C. The Labute approximate surface area is 100 Å². The van der Waals surface area contributed by atoms with Crippen LogP contribution in [0.3, 0.4) is 0 Å². The van der Waals surface area contributed by atoms with Crippen LogP contribution in [0, 0.1) is 6.92 Å². The van der Waals surface area contributed by atoms with Crippen molar-refractivity contribution >= 4 is 28.8 Å². The van der Waals surface area contributed by atoms with Gasteiger partial charge in [-0.25, -0.2) is 14.8 Å². The Hall–Kier alpha value is -1.83. The van der Waals surface area contributed by atoms with Gasteiger partial charge in [0.1, 0.15) is 5.52 Å². The van der Waals surface area contributed by atoms with Gasteiger partial charge in [-0.15, -0.1) is 0 Å². The number of thioether (sulfide) groups is 1. The van der Waals surface area contributed by atoms with E-state index in [1.807, 2.05) is 0 Å². The van der Waals surface area contributed by atoms with E-state index in [2.05, 4.69) is 15.0 Å². The fourth-order valence-corrected chi connectivity index (χ4v) is 2.03. The molecule has 0 radical (unpaired) electrons. The zero-order valence-electron chi connectivity index (χ0n) is 9.35. The number of H-pyrrole nitrogens is 1. The van der Waals surface area contributed by atoms with Gasteiger partial charge in [0.05, 0.1) is 11.4 Å². The van der Waals surface area contributed by atoms with Crippen LogP contribution >= 0.6 is 11.8 Å². The third-order valence-electron chi connectivity index (χ3n) is 2.25. The first-order chi connectivity index (χ1) is 7.99. The van der Waals surface area contributed by atoms with Crippen molar-refractivity contribution in [2.75, 3.05) is 5.75 Å². The molecule has 2 aromatic rings. The van der Waals surface area contributed by atoms with Gasteiger partial charge in [-0.2, -0.15) is 0 Å². The lowest BCUT2D eigenvalue weighted by molar-refractivity contribution is -0.115. The first-order valence-electron chi connectivity index (χ1n) is 4.83. The molecule has 0 aliphatic rings. The molecular formula is C9H11N5O2S. The fraction of sp³-hybridized carbons (Fsp3) is 0.333. The van der Waals surface area contributed by atoms with Crippen molar-refractivity contribution < 1.29 is 4.79 Å². The summed E-state index contributed by atoms with van der Waals surface area (Å²) < 4.78 is 1.40. The average molecular weight is 253 g/mol.